The molecule has 0 radical (unpaired) electrons. The Morgan fingerprint density at radius 3 is 1.59 bits per heavy atom. The highest BCUT2D eigenvalue weighted by atomic mass is 15.1. The minimum Gasteiger partial charge on any atom is -0.310 e. The minimum absolute atomic E-state index is 1.10. The Morgan fingerprint density at radius 1 is 0.315 bits per heavy atom. The molecule has 0 unspecified atom stereocenters. The van der Waals surface area contributed by atoms with Crippen molar-refractivity contribution in [1.82, 2.24) is 4.57 Å². The van der Waals surface area contributed by atoms with Gasteiger partial charge in [0.05, 0.1) is 16.7 Å². The van der Waals surface area contributed by atoms with E-state index in [0.717, 1.165) is 22.7 Å². The maximum atomic E-state index is 2.39. The molecule has 0 saturated carbocycles. The number of hydrogen-bond acceptors (Lipinski definition) is 1. The summed E-state index contributed by atoms with van der Waals surface area (Å²) in [6, 6.07) is 78.8. The third-order valence-corrected chi connectivity index (χ3v) is 10.6. The summed E-state index contributed by atoms with van der Waals surface area (Å²) >= 11 is 0. The molecule has 0 aliphatic rings. The van der Waals surface area contributed by atoms with Crippen LogP contribution in [-0.4, -0.2) is 4.57 Å². The van der Waals surface area contributed by atoms with Crippen LogP contribution in [0.25, 0.3) is 71.6 Å². The molecule has 0 aliphatic carbocycles. The van der Waals surface area contributed by atoms with Gasteiger partial charge in [0, 0.05) is 33.4 Å². The minimum atomic E-state index is 1.10. The van der Waals surface area contributed by atoms with Gasteiger partial charge in [-0.2, -0.15) is 0 Å². The standard InChI is InChI=1S/C52H36N2/c1-4-17-37(18-5-1)43-27-14-19-39-20-15-29-46(51(39)43)45-25-10-12-30-48(45)53(40-21-6-2-7-22-40)42-35-33-38(34-36-42)44-28-16-32-50-52(44)47-26-11-13-31-49(47)54(50)41-23-8-3-9-24-41/h1-36H. The number of rotatable bonds is 7. The number of para-hydroxylation sites is 4. The van der Waals surface area contributed by atoms with Crippen LogP contribution in [0.1, 0.15) is 0 Å². The molecule has 10 rings (SSSR count). The molecule has 10 aromatic rings. The fourth-order valence-electron chi connectivity index (χ4n) is 8.23. The first-order chi connectivity index (χ1) is 26.8. The summed E-state index contributed by atoms with van der Waals surface area (Å²) in [7, 11) is 0. The second kappa shape index (κ2) is 13.4. The van der Waals surface area contributed by atoms with Gasteiger partial charge in [0.2, 0.25) is 0 Å². The van der Waals surface area contributed by atoms with Crippen molar-refractivity contribution in [3.63, 3.8) is 0 Å². The summed E-state index contributed by atoms with van der Waals surface area (Å²) in [5, 5.41) is 4.99. The predicted molar refractivity (Wildman–Crippen MR) is 229 cm³/mol. The summed E-state index contributed by atoms with van der Waals surface area (Å²) in [6.07, 6.45) is 0. The summed E-state index contributed by atoms with van der Waals surface area (Å²) in [5.41, 5.74) is 14.1. The summed E-state index contributed by atoms with van der Waals surface area (Å²) < 4.78 is 2.38. The largest absolute Gasteiger partial charge is 0.310 e. The van der Waals surface area contributed by atoms with Crippen LogP contribution in [0, 0.1) is 0 Å². The van der Waals surface area contributed by atoms with Gasteiger partial charge < -0.3 is 9.47 Å². The second-order valence-corrected chi connectivity index (χ2v) is 13.7. The van der Waals surface area contributed by atoms with Gasteiger partial charge in [-0.15, -0.1) is 0 Å². The lowest BCUT2D eigenvalue weighted by molar-refractivity contribution is 1.18. The van der Waals surface area contributed by atoms with Gasteiger partial charge in [-0.25, -0.2) is 0 Å². The van der Waals surface area contributed by atoms with Crippen molar-refractivity contribution in [2.24, 2.45) is 0 Å². The Labute approximate surface area is 315 Å². The molecule has 0 fully saturated rings. The van der Waals surface area contributed by atoms with Crippen molar-refractivity contribution < 1.29 is 0 Å². The molecule has 54 heavy (non-hydrogen) atoms. The first-order valence-corrected chi connectivity index (χ1v) is 18.5. The number of nitrogens with zero attached hydrogens (tertiary/aromatic N) is 2. The number of benzene rings is 9. The average Bonchev–Trinajstić information content (AvgIpc) is 3.59. The van der Waals surface area contributed by atoms with E-state index in [2.05, 4.69) is 228 Å². The molecule has 254 valence electrons. The van der Waals surface area contributed by atoms with Crippen LogP contribution >= 0.6 is 0 Å². The van der Waals surface area contributed by atoms with E-state index in [4.69, 9.17) is 0 Å². The zero-order valence-corrected chi connectivity index (χ0v) is 29.7. The molecule has 0 saturated heterocycles. The van der Waals surface area contributed by atoms with E-state index in [1.54, 1.807) is 0 Å². The third kappa shape index (κ3) is 5.36. The fraction of sp³-hybridized carbons (Fsp3) is 0. The van der Waals surface area contributed by atoms with Gasteiger partial charge in [0.15, 0.2) is 0 Å². The number of hydrogen-bond donors (Lipinski definition) is 0. The zero-order chi connectivity index (χ0) is 35.8. The molecular formula is C52H36N2. The molecule has 0 amide bonds. The highest BCUT2D eigenvalue weighted by Gasteiger charge is 2.20. The predicted octanol–water partition coefficient (Wildman–Crippen LogP) is 14.4. The van der Waals surface area contributed by atoms with Crippen molar-refractivity contribution >= 4 is 49.6 Å². The maximum Gasteiger partial charge on any atom is 0.0547 e. The first-order valence-electron chi connectivity index (χ1n) is 18.5. The molecule has 0 spiro atoms. The summed E-state index contributed by atoms with van der Waals surface area (Å²) in [5.74, 6) is 0. The van der Waals surface area contributed by atoms with Crippen LogP contribution in [0.15, 0.2) is 218 Å². The lowest BCUT2D eigenvalue weighted by atomic mass is 9.90. The van der Waals surface area contributed by atoms with E-state index in [0.29, 0.717) is 0 Å². The summed E-state index contributed by atoms with van der Waals surface area (Å²) in [6.45, 7) is 0. The van der Waals surface area contributed by atoms with Crippen molar-refractivity contribution in [2.45, 2.75) is 0 Å². The number of fused-ring (bicyclic) bond motifs is 4. The molecule has 2 nitrogen and oxygen atoms in total. The molecule has 9 aromatic carbocycles. The highest BCUT2D eigenvalue weighted by Crippen LogP contribution is 2.45. The van der Waals surface area contributed by atoms with Crippen molar-refractivity contribution in [2.75, 3.05) is 4.90 Å². The summed E-state index contributed by atoms with van der Waals surface area (Å²) in [4.78, 5) is 2.39. The van der Waals surface area contributed by atoms with E-state index in [9.17, 15) is 0 Å². The third-order valence-electron chi connectivity index (χ3n) is 10.6. The highest BCUT2D eigenvalue weighted by molar-refractivity contribution is 6.16. The Hall–Kier alpha value is -7.16. The van der Waals surface area contributed by atoms with Crippen molar-refractivity contribution in [1.29, 1.82) is 0 Å². The van der Waals surface area contributed by atoms with Crippen LogP contribution < -0.4 is 4.90 Å². The fourth-order valence-corrected chi connectivity index (χ4v) is 8.23. The first kappa shape index (κ1) is 31.6. The van der Waals surface area contributed by atoms with Crippen LogP contribution in [0.3, 0.4) is 0 Å². The lowest BCUT2D eigenvalue weighted by Crippen LogP contribution is -2.11. The molecular weight excluding hydrogens is 653 g/mol. The van der Waals surface area contributed by atoms with E-state index in [1.165, 1.54) is 66.0 Å². The van der Waals surface area contributed by atoms with Crippen LogP contribution in [0.5, 0.6) is 0 Å². The Kier molecular flexibility index (Phi) is 7.85. The normalized spacial score (nSPS) is 11.3. The topological polar surface area (TPSA) is 8.17 Å². The monoisotopic (exact) mass is 688 g/mol. The quantitative estimate of drug-likeness (QED) is 0.162. The Bertz CT molecular complexity index is 2900. The lowest BCUT2D eigenvalue weighted by Gasteiger charge is -2.28. The SMILES string of the molecule is c1ccc(-c2cccc3cccc(-c4ccccc4N(c4ccccc4)c4ccc(-c5cccc6c5c5ccccc5n6-c5ccccc5)cc4)c23)cc1. The van der Waals surface area contributed by atoms with E-state index >= 15 is 0 Å². The van der Waals surface area contributed by atoms with Gasteiger partial charge in [-0.05, 0) is 93.2 Å². The number of anilines is 3. The van der Waals surface area contributed by atoms with E-state index in [-0.39, 0.29) is 0 Å². The zero-order valence-electron chi connectivity index (χ0n) is 29.7. The molecule has 0 bridgehead atoms. The van der Waals surface area contributed by atoms with Crippen molar-refractivity contribution in [3.8, 4) is 39.1 Å². The van der Waals surface area contributed by atoms with Crippen molar-refractivity contribution in [3.05, 3.63) is 218 Å². The van der Waals surface area contributed by atoms with Gasteiger partial charge in [0.1, 0.15) is 0 Å². The Morgan fingerprint density at radius 2 is 0.833 bits per heavy atom. The molecule has 0 N–H and O–H groups in total. The van der Waals surface area contributed by atoms with Gasteiger partial charge in [-0.3, -0.25) is 0 Å². The maximum absolute atomic E-state index is 2.39. The molecule has 2 heteroatoms. The molecule has 1 heterocycles. The van der Waals surface area contributed by atoms with Crippen LogP contribution in [0.2, 0.25) is 0 Å². The molecule has 1 aromatic heterocycles. The smallest absolute Gasteiger partial charge is 0.0547 e. The second-order valence-electron chi connectivity index (χ2n) is 13.7. The molecule has 0 aliphatic heterocycles. The van der Waals surface area contributed by atoms with E-state index in [1.807, 2.05) is 0 Å². The van der Waals surface area contributed by atoms with Gasteiger partial charge in [-0.1, -0.05) is 164 Å². The molecule has 0 atom stereocenters. The van der Waals surface area contributed by atoms with Gasteiger partial charge >= 0.3 is 0 Å². The Balaban J connectivity index is 1.14. The van der Waals surface area contributed by atoms with Crippen LogP contribution in [0.4, 0.5) is 17.1 Å². The number of aromatic nitrogens is 1. The average molecular weight is 689 g/mol. The van der Waals surface area contributed by atoms with E-state index < -0.39 is 0 Å². The van der Waals surface area contributed by atoms with Crippen LogP contribution in [-0.2, 0) is 0 Å². The van der Waals surface area contributed by atoms with Gasteiger partial charge in [0.25, 0.3) is 0 Å².